The van der Waals surface area contributed by atoms with Crippen LogP contribution in [-0.4, -0.2) is 48.0 Å². The summed E-state index contributed by atoms with van der Waals surface area (Å²) in [4.78, 5) is 25.6. The number of nitrogens with zero attached hydrogens (tertiary/aromatic N) is 1. The van der Waals surface area contributed by atoms with E-state index >= 15 is 0 Å². The van der Waals surface area contributed by atoms with Gasteiger partial charge in [0.15, 0.2) is 0 Å². The van der Waals surface area contributed by atoms with Gasteiger partial charge < -0.3 is 9.64 Å². The maximum absolute atomic E-state index is 12.4. The molecule has 0 N–H and O–H groups in total. The van der Waals surface area contributed by atoms with E-state index in [1.54, 1.807) is 17.0 Å². The van der Waals surface area contributed by atoms with E-state index in [2.05, 4.69) is 15.9 Å². The van der Waals surface area contributed by atoms with Crippen molar-refractivity contribution >= 4 is 39.6 Å². The van der Waals surface area contributed by atoms with E-state index < -0.39 is 0 Å². The average molecular weight is 344 g/mol. The third-order valence-corrected chi connectivity index (χ3v) is 4.54. The van der Waals surface area contributed by atoms with Gasteiger partial charge in [0.1, 0.15) is 5.25 Å². The molecular weight excluding hydrogens is 330 g/mol. The number of carbonyl (C=O) groups excluding carboxylic acids is 2. The van der Waals surface area contributed by atoms with Gasteiger partial charge in [0.25, 0.3) is 5.91 Å². The van der Waals surface area contributed by atoms with Crippen LogP contribution in [0.15, 0.2) is 28.7 Å². The fourth-order valence-corrected chi connectivity index (χ4v) is 3.44. The van der Waals surface area contributed by atoms with Crippen LogP contribution in [0.4, 0.5) is 0 Å². The molecule has 0 bridgehead atoms. The van der Waals surface area contributed by atoms with Gasteiger partial charge in [0.05, 0.1) is 7.11 Å². The van der Waals surface area contributed by atoms with Gasteiger partial charge in [-0.2, -0.15) is 0 Å². The number of methoxy groups -OCH3 is 1. The second-order valence-corrected chi connectivity index (χ2v) is 6.37. The average Bonchev–Trinajstić information content (AvgIpc) is 2.45. The lowest BCUT2D eigenvalue weighted by atomic mass is 10.2. The molecule has 2 rings (SSSR count). The van der Waals surface area contributed by atoms with Crippen molar-refractivity contribution in [3.8, 4) is 0 Å². The Bertz CT molecular complexity index is 495. The van der Waals surface area contributed by atoms with E-state index in [9.17, 15) is 9.59 Å². The zero-order valence-electron chi connectivity index (χ0n) is 10.5. The monoisotopic (exact) mass is 343 g/mol. The number of rotatable bonds is 2. The third kappa shape index (κ3) is 3.51. The van der Waals surface area contributed by atoms with Crippen molar-refractivity contribution in [3.05, 3.63) is 34.3 Å². The molecule has 102 valence electrons. The number of hydrogen-bond acceptors (Lipinski definition) is 4. The highest BCUT2D eigenvalue weighted by Crippen LogP contribution is 2.22. The molecule has 0 aliphatic carbocycles. The molecule has 0 spiro atoms. The van der Waals surface area contributed by atoms with Crippen molar-refractivity contribution in [1.29, 1.82) is 0 Å². The van der Waals surface area contributed by atoms with Crippen molar-refractivity contribution < 1.29 is 14.3 Å². The molecular formula is C13H14BrNO3S. The highest BCUT2D eigenvalue weighted by molar-refractivity contribution is 9.10. The predicted molar refractivity (Wildman–Crippen MR) is 78.3 cm³/mol. The minimum Gasteiger partial charge on any atom is -0.468 e. The smallest absolute Gasteiger partial charge is 0.320 e. The van der Waals surface area contributed by atoms with Crippen LogP contribution in [0.25, 0.3) is 0 Å². The van der Waals surface area contributed by atoms with Crippen LogP contribution in [0.3, 0.4) is 0 Å². The Morgan fingerprint density at radius 3 is 2.95 bits per heavy atom. The summed E-state index contributed by atoms with van der Waals surface area (Å²) in [6.45, 7) is 1.06. The molecule has 19 heavy (non-hydrogen) atoms. The second kappa shape index (κ2) is 6.43. The maximum Gasteiger partial charge on any atom is 0.320 e. The van der Waals surface area contributed by atoms with Crippen LogP contribution in [0.1, 0.15) is 10.4 Å². The van der Waals surface area contributed by atoms with Gasteiger partial charge in [-0.05, 0) is 18.2 Å². The third-order valence-electron chi connectivity index (χ3n) is 2.89. The van der Waals surface area contributed by atoms with E-state index in [4.69, 9.17) is 4.74 Å². The van der Waals surface area contributed by atoms with Crippen molar-refractivity contribution in [2.45, 2.75) is 5.25 Å². The molecule has 1 amide bonds. The number of esters is 1. The summed E-state index contributed by atoms with van der Waals surface area (Å²) in [6.07, 6.45) is 0. The van der Waals surface area contributed by atoms with Crippen molar-refractivity contribution in [1.82, 2.24) is 4.90 Å². The molecule has 1 aliphatic rings. The van der Waals surface area contributed by atoms with Gasteiger partial charge in [-0.1, -0.05) is 22.0 Å². The quantitative estimate of drug-likeness (QED) is 0.772. The van der Waals surface area contributed by atoms with Gasteiger partial charge in [0.2, 0.25) is 0 Å². The molecule has 1 aromatic carbocycles. The molecule has 0 saturated carbocycles. The van der Waals surface area contributed by atoms with Crippen LogP contribution < -0.4 is 0 Å². The Hall–Kier alpha value is -1.01. The lowest BCUT2D eigenvalue weighted by Crippen LogP contribution is -2.44. The maximum atomic E-state index is 12.4. The number of carbonyl (C=O) groups is 2. The van der Waals surface area contributed by atoms with E-state index in [1.165, 1.54) is 18.9 Å². The molecule has 4 nitrogen and oxygen atoms in total. The number of benzene rings is 1. The van der Waals surface area contributed by atoms with E-state index in [1.807, 2.05) is 12.1 Å². The topological polar surface area (TPSA) is 46.6 Å². The first kappa shape index (κ1) is 14.4. The van der Waals surface area contributed by atoms with Crippen LogP contribution in [0, 0.1) is 0 Å². The Balaban J connectivity index is 2.09. The van der Waals surface area contributed by atoms with Crippen LogP contribution in [0.2, 0.25) is 0 Å². The summed E-state index contributed by atoms with van der Waals surface area (Å²) in [5, 5.41) is -0.283. The zero-order valence-corrected chi connectivity index (χ0v) is 12.9. The summed E-state index contributed by atoms with van der Waals surface area (Å²) < 4.78 is 5.61. The first-order valence-corrected chi connectivity index (χ1v) is 7.70. The molecule has 1 heterocycles. The van der Waals surface area contributed by atoms with Gasteiger partial charge in [-0.3, -0.25) is 9.59 Å². The van der Waals surface area contributed by atoms with E-state index in [-0.39, 0.29) is 17.1 Å². The van der Waals surface area contributed by atoms with Gasteiger partial charge >= 0.3 is 5.97 Å². The Morgan fingerprint density at radius 2 is 2.26 bits per heavy atom. The standard InChI is InChI=1S/C13H14BrNO3S/c1-18-13(17)11-8-15(5-6-19-11)12(16)9-3-2-4-10(14)7-9/h2-4,7,11H,5-6,8H2,1H3/t11-/m0/s1. The molecule has 1 saturated heterocycles. The molecule has 1 aliphatic heterocycles. The molecule has 1 atom stereocenters. The summed E-state index contributed by atoms with van der Waals surface area (Å²) >= 11 is 4.89. The predicted octanol–water partition coefficient (Wildman–Crippen LogP) is 2.18. The first-order valence-electron chi connectivity index (χ1n) is 5.86. The number of amides is 1. The minimum absolute atomic E-state index is 0.0458. The normalized spacial score (nSPS) is 19.1. The molecule has 0 radical (unpaired) electrons. The van der Waals surface area contributed by atoms with Gasteiger partial charge in [-0.25, -0.2) is 0 Å². The largest absolute Gasteiger partial charge is 0.468 e. The molecule has 6 heteroatoms. The molecule has 0 unspecified atom stereocenters. The fraction of sp³-hybridized carbons (Fsp3) is 0.385. The Kier molecular flexibility index (Phi) is 4.87. The number of hydrogen-bond donors (Lipinski definition) is 0. The zero-order chi connectivity index (χ0) is 13.8. The number of ether oxygens (including phenoxy) is 1. The second-order valence-electron chi connectivity index (χ2n) is 4.14. The highest BCUT2D eigenvalue weighted by Gasteiger charge is 2.30. The molecule has 1 fully saturated rings. The van der Waals surface area contributed by atoms with Crippen molar-refractivity contribution in [3.63, 3.8) is 0 Å². The molecule has 0 aromatic heterocycles. The number of thioether (sulfide) groups is 1. The summed E-state index contributed by atoms with van der Waals surface area (Å²) in [6, 6.07) is 7.27. The minimum atomic E-state index is -0.283. The summed E-state index contributed by atoms with van der Waals surface area (Å²) in [7, 11) is 1.37. The van der Waals surface area contributed by atoms with E-state index in [0.717, 1.165) is 10.2 Å². The SMILES string of the molecule is COC(=O)[C@@H]1CN(C(=O)c2cccc(Br)c2)CCS1. The highest BCUT2D eigenvalue weighted by atomic mass is 79.9. The van der Waals surface area contributed by atoms with Crippen LogP contribution in [-0.2, 0) is 9.53 Å². The van der Waals surface area contributed by atoms with Crippen molar-refractivity contribution in [2.24, 2.45) is 0 Å². The Morgan fingerprint density at radius 1 is 1.47 bits per heavy atom. The lowest BCUT2D eigenvalue weighted by molar-refractivity contribution is -0.140. The fourth-order valence-electron chi connectivity index (χ4n) is 1.91. The Labute approximate surface area is 124 Å². The summed E-state index contributed by atoms with van der Waals surface area (Å²) in [5.41, 5.74) is 0.630. The first-order chi connectivity index (χ1) is 9.11. The van der Waals surface area contributed by atoms with Crippen LogP contribution in [0.5, 0.6) is 0 Å². The van der Waals surface area contributed by atoms with Gasteiger partial charge in [-0.15, -0.1) is 11.8 Å². The van der Waals surface area contributed by atoms with Gasteiger partial charge in [0, 0.05) is 28.9 Å². The molecule has 1 aromatic rings. The number of halogens is 1. The lowest BCUT2D eigenvalue weighted by Gasteiger charge is -2.31. The van der Waals surface area contributed by atoms with Crippen molar-refractivity contribution in [2.75, 3.05) is 26.0 Å². The summed E-state index contributed by atoms with van der Waals surface area (Å²) in [5.74, 6) is 0.437. The van der Waals surface area contributed by atoms with Crippen LogP contribution >= 0.6 is 27.7 Å². The van der Waals surface area contributed by atoms with E-state index in [0.29, 0.717) is 18.7 Å².